The molecule has 8 nitrogen and oxygen atoms in total. The van der Waals surface area contributed by atoms with Crippen LogP contribution in [0.3, 0.4) is 0 Å². The molecule has 1 atom stereocenters. The summed E-state index contributed by atoms with van der Waals surface area (Å²) in [6, 6.07) is 14.6. The van der Waals surface area contributed by atoms with Crippen LogP contribution in [-0.4, -0.2) is 75.1 Å². The number of benzene rings is 3. The van der Waals surface area contributed by atoms with Gasteiger partial charge >= 0.3 is 0 Å². The zero-order valence-corrected chi connectivity index (χ0v) is 24.5. The van der Waals surface area contributed by atoms with Gasteiger partial charge in [-0.2, -0.15) is 0 Å². The van der Waals surface area contributed by atoms with E-state index in [1.165, 1.54) is 19.2 Å². The number of halogens is 3. The Morgan fingerprint density at radius 3 is 2.69 bits per heavy atom. The Morgan fingerprint density at radius 2 is 1.90 bits per heavy atom. The van der Waals surface area contributed by atoms with Crippen molar-refractivity contribution in [1.82, 2.24) is 10.2 Å². The Morgan fingerprint density at radius 1 is 1.12 bits per heavy atom. The summed E-state index contributed by atoms with van der Waals surface area (Å²) in [4.78, 5) is 34.0. The van der Waals surface area contributed by atoms with E-state index in [4.69, 9.17) is 42.4 Å². The van der Waals surface area contributed by atoms with Crippen LogP contribution in [0.5, 0.6) is 5.75 Å². The number of amides is 1. The molecule has 2 heterocycles. The molecule has 1 unspecified atom stereocenters. The van der Waals surface area contributed by atoms with Crippen LogP contribution in [0, 0.1) is 5.82 Å². The van der Waals surface area contributed by atoms with Crippen molar-refractivity contribution in [1.29, 1.82) is 0 Å². The third-order valence-electron chi connectivity index (χ3n) is 7.07. The molecule has 0 bridgehead atoms. The summed E-state index contributed by atoms with van der Waals surface area (Å²) in [5, 5.41) is 3.55. The summed E-state index contributed by atoms with van der Waals surface area (Å²) in [5.41, 5.74) is 3.34. The number of ketones is 1. The average Bonchev–Trinajstić information content (AvgIpc) is 3.10. The second kappa shape index (κ2) is 13.8. The monoisotopic (exact) mass is 613 g/mol. The Bertz CT molecular complexity index is 1510. The number of rotatable bonds is 9. The molecule has 0 saturated carbocycles. The van der Waals surface area contributed by atoms with Crippen molar-refractivity contribution in [2.75, 3.05) is 46.6 Å². The molecular weight excluding hydrogens is 584 g/mol. The smallest absolute Gasteiger partial charge is 0.257 e. The number of nitrogens with one attached hydrogen (secondary N) is 1. The normalized spacial score (nSPS) is 17.3. The number of methoxy groups -OCH3 is 1. The van der Waals surface area contributed by atoms with Crippen LogP contribution in [0.25, 0.3) is 0 Å². The van der Waals surface area contributed by atoms with E-state index < -0.39 is 17.9 Å². The topological polar surface area (TPSA) is 89.5 Å². The fourth-order valence-corrected chi connectivity index (χ4v) is 5.66. The minimum atomic E-state index is -1.27. The first-order valence-corrected chi connectivity index (χ1v) is 14.3. The van der Waals surface area contributed by atoms with Gasteiger partial charge in [-0.1, -0.05) is 47.5 Å². The lowest BCUT2D eigenvalue weighted by Gasteiger charge is -2.28. The number of morpholine rings is 1. The lowest BCUT2D eigenvalue weighted by atomic mass is 9.93. The highest BCUT2D eigenvalue weighted by Crippen LogP contribution is 2.32. The zero-order chi connectivity index (χ0) is 29.6. The predicted molar refractivity (Wildman–Crippen MR) is 158 cm³/mol. The van der Waals surface area contributed by atoms with Crippen molar-refractivity contribution in [3.05, 3.63) is 98.3 Å². The second-order valence-electron chi connectivity index (χ2n) is 9.95. The van der Waals surface area contributed by atoms with Crippen LogP contribution in [0.4, 0.5) is 4.39 Å². The SMILES string of the molecule is COCCOc1ccc(F)cc1C(=O)NC1N=C(c2c(Cl)cc(Cl)cc2CN2CCOCC2)c2ccccc2CC1=O. The number of ether oxygens (including phenoxy) is 3. The van der Waals surface area contributed by atoms with Gasteiger partial charge in [-0.05, 0) is 41.5 Å². The number of carbonyl (C=O) groups excluding carboxylic acids is 2. The predicted octanol–water partition coefficient (Wildman–Crippen LogP) is 4.71. The molecule has 1 fully saturated rings. The van der Waals surface area contributed by atoms with Gasteiger partial charge in [0.25, 0.3) is 5.91 Å². The maximum absolute atomic E-state index is 14.2. The Labute approximate surface area is 253 Å². The van der Waals surface area contributed by atoms with E-state index in [9.17, 15) is 14.0 Å². The molecular formula is C31H30Cl2FN3O5. The molecule has 1 saturated heterocycles. The van der Waals surface area contributed by atoms with E-state index in [1.54, 1.807) is 6.07 Å². The number of fused-ring (bicyclic) bond motifs is 1. The van der Waals surface area contributed by atoms with Gasteiger partial charge in [0.2, 0.25) is 0 Å². The fraction of sp³-hybridized carbons (Fsp3) is 0.323. The maximum Gasteiger partial charge on any atom is 0.257 e. The Balaban J connectivity index is 1.55. The highest BCUT2D eigenvalue weighted by molar-refractivity contribution is 6.38. The molecule has 3 aromatic rings. The number of hydrogen-bond donors (Lipinski definition) is 1. The number of nitrogens with zero attached hydrogens (tertiary/aromatic N) is 2. The van der Waals surface area contributed by atoms with Crippen molar-refractivity contribution in [2.24, 2.45) is 4.99 Å². The van der Waals surface area contributed by atoms with Gasteiger partial charge in [0.15, 0.2) is 11.9 Å². The van der Waals surface area contributed by atoms with Gasteiger partial charge in [0, 0.05) is 49.3 Å². The number of carbonyl (C=O) groups is 2. The highest BCUT2D eigenvalue weighted by atomic mass is 35.5. The average molecular weight is 615 g/mol. The van der Waals surface area contributed by atoms with E-state index in [0.29, 0.717) is 41.1 Å². The lowest BCUT2D eigenvalue weighted by molar-refractivity contribution is -0.120. The lowest BCUT2D eigenvalue weighted by Crippen LogP contribution is -2.40. The molecule has 3 aromatic carbocycles. The Hall–Kier alpha value is -3.34. The minimum Gasteiger partial charge on any atom is -0.490 e. The first-order chi connectivity index (χ1) is 20.3. The third-order valence-corrected chi connectivity index (χ3v) is 7.59. The molecule has 1 N–H and O–H groups in total. The van der Waals surface area contributed by atoms with Gasteiger partial charge in [0.05, 0.1) is 36.1 Å². The largest absolute Gasteiger partial charge is 0.490 e. The molecule has 0 spiro atoms. The third kappa shape index (κ3) is 6.99. The van der Waals surface area contributed by atoms with Crippen LogP contribution < -0.4 is 10.1 Å². The molecule has 0 radical (unpaired) electrons. The molecule has 0 aromatic heterocycles. The molecule has 220 valence electrons. The minimum absolute atomic E-state index is 0.0263. The van der Waals surface area contributed by atoms with Crippen LogP contribution in [-0.2, 0) is 27.2 Å². The summed E-state index contributed by atoms with van der Waals surface area (Å²) in [5.74, 6) is -1.49. The summed E-state index contributed by atoms with van der Waals surface area (Å²) in [6.45, 7) is 3.69. The molecule has 1 amide bonds. The Kier molecular flexibility index (Phi) is 9.87. The van der Waals surface area contributed by atoms with Gasteiger partial charge < -0.3 is 19.5 Å². The van der Waals surface area contributed by atoms with Crippen LogP contribution in [0.2, 0.25) is 10.0 Å². The highest BCUT2D eigenvalue weighted by Gasteiger charge is 2.30. The van der Waals surface area contributed by atoms with E-state index >= 15 is 0 Å². The molecule has 42 heavy (non-hydrogen) atoms. The van der Waals surface area contributed by atoms with Crippen molar-refractivity contribution in [2.45, 2.75) is 19.1 Å². The molecule has 2 aliphatic heterocycles. The molecule has 2 aliphatic rings. The van der Waals surface area contributed by atoms with Crippen LogP contribution in [0.15, 0.2) is 59.6 Å². The zero-order valence-electron chi connectivity index (χ0n) is 23.0. The summed E-state index contributed by atoms with van der Waals surface area (Å²) in [7, 11) is 1.52. The van der Waals surface area contributed by atoms with Crippen LogP contribution >= 0.6 is 23.2 Å². The van der Waals surface area contributed by atoms with E-state index in [-0.39, 0.29) is 36.7 Å². The van der Waals surface area contributed by atoms with Crippen molar-refractivity contribution in [3.8, 4) is 5.75 Å². The standard InChI is InChI=1S/C31H30Cl2FN3O5/c1-40-12-13-42-27-7-6-22(34)17-24(27)31(39)36-30-26(38)15-19-4-2-3-5-23(19)29(35-30)28-20(14-21(32)16-25(28)33)18-37-8-10-41-11-9-37/h2-7,14,16-17,30H,8-13,15,18H2,1H3,(H,36,39). The number of aliphatic imine (C=N–C) groups is 1. The summed E-state index contributed by atoms with van der Waals surface area (Å²) >= 11 is 13.3. The second-order valence-corrected chi connectivity index (χ2v) is 10.8. The van der Waals surface area contributed by atoms with Crippen molar-refractivity contribution >= 4 is 40.6 Å². The first kappa shape index (κ1) is 30.1. The molecule has 5 rings (SSSR count). The van der Waals surface area contributed by atoms with E-state index in [2.05, 4.69) is 10.2 Å². The molecule has 0 aliphatic carbocycles. The van der Waals surface area contributed by atoms with E-state index in [0.717, 1.165) is 35.8 Å². The van der Waals surface area contributed by atoms with Gasteiger partial charge in [-0.3, -0.25) is 19.5 Å². The summed E-state index contributed by atoms with van der Waals surface area (Å²) < 4.78 is 30.3. The van der Waals surface area contributed by atoms with E-state index in [1.807, 2.05) is 30.3 Å². The van der Waals surface area contributed by atoms with Gasteiger partial charge in [-0.25, -0.2) is 4.39 Å². The van der Waals surface area contributed by atoms with Gasteiger partial charge in [-0.15, -0.1) is 0 Å². The van der Waals surface area contributed by atoms with Crippen LogP contribution in [0.1, 0.15) is 32.6 Å². The van der Waals surface area contributed by atoms with Gasteiger partial charge in [0.1, 0.15) is 18.2 Å². The first-order valence-electron chi connectivity index (χ1n) is 13.5. The number of Topliss-reactive ketones (excluding diaryl/α,β-unsaturated/α-hetero) is 1. The molecule has 11 heteroatoms. The maximum atomic E-state index is 14.2. The van der Waals surface area contributed by atoms with Crippen molar-refractivity contribution < 1.29 is 28.2 Å². The summed E-state index contributed by atoms with van der Waals surface area (Å²) in [6.07, 6.45) is -1.24. The quantitative estimate of drug-likeness (QED) is 0.352. The fourth-order valence-electron chi connectivity index (χ4n) is 5.03. The number of hydrogen-bond acceptors (Lipinski definition) is 7. The van der Waals surface area contributed by atoms with Crippen molar-refractivity contribution in [3.63, 3.8) is 0 Å².